The minimum Gasteiger partial charge on any atom is -0.334 e. The van der Waals surface area contributed by atoms with Crippen molar-refractivity contribution in [2.75, 3.05) is 26.3 Å². The van der Waals surface area contributed by atoms with E-state index in [1.54, 1.807) is 12.1 Å². The van der Waals surface area contributed by atoms with Crippen molar-refractivity contribution >= 4 is 5.91 Å². The number of nitrogens with zero attached hydrogens (tertiary/aromatic N) is 2. The van der Waals surface area contributed by atoms with Crippen molar-refractivity contribution in [1.82, 2.24) is 9.80 Å². The number of carbonyl (C=O) groups excluding carboxylic acids is 1. The molecule has 1 fully saturated rings. The van der Waals surface area contributed by atoms with E-state index < -0.39 is 0 Å². The van der Waals surface area contributed by atoms with Crippen LogP contribution in [0.25, 0.3) is 0 Å². The quantitative estimate of drug-likeness (QED) is 0.709. The Morgan fingerprint density at radius 1 is 1.21 bits per heavy atom. The second-order valence-electron chi connectivity index (χ2n) is 6.91. The summed E-state index contributed by atoms with van der Waals surface area (Å²) in [6, 6.07) is 6.47. The number of amides is 1. The Morgan fingerprint density at radius 2 is 1.92 bits per heavy atom. The highest BCUT2D eigenvalue weighted by atomic mass is 19.1. The lowest BCUT2D eigenvalue weighted by Gasteiger charge is -2.35. The Bertz CT molecular complexity index is 519. The zero-order valence-electron chi connectivity index (χ0n) is 14.7. The zero-order chi connectivity index (χ0) is 17.5. The molecule has 0 N–H and O–H groups in total. The van der Waals surface area contributed by atoms with Crippen LogP contribution in [0, 0.1) is 11.7 Å². The highest BCUT2D eigenvalue weighted by molar-refractivity contribution is 5.77. The Balaban J connectivity index is 2.09. The van der Waals surface area contributed by atoms with E-state index in [1.165, 1.54) is 12.1 Å². The summed E-state index contributed by atoms with van der Waals surface area (Å²) in [5, 5.41) is 0. The second-order valence-corrected chi connectivity index (χ2v) is 6.91. The fraction of sp³-hybridized carbons (Fsp3) is 0.632. The van der Waals surface area contributed by atoms with E-state index in [2.05, 4.69) is 18.7 Å². The highest BCUT2D eigenvalue weighted by Crippen LogP contribution is 2.21. The molecular formula is C19H28F2N2O. The van der Waals surface area contributed by atoms with Gasteiger partial charge in [0.05, 0.1) is 6.67 Å². The molecule has 1 saturated heterocycles. The van der Waals surface area contributed by atoms with Crippen LogP contribution in [0.3, 0.4) is 0 Å². The van der Waals surface area contributed by atoms with E-state index >= 15 is 0 Å². The molecule has 0 aromatic heterocycles. The lowest BCUT2D eigenvalue weighted by atomic mass is 10.0. The van der Waals surface area contributed by atoms with Crippen LogP contribution < -0.4 is 0 Å². The fourth-order valence-corrected chi connectivity index (χ4v) is 3.23. The van der Waals surface area contributed by atoms with Gasteiger partial charge < -0.3 is 9.80 Å². The smallest absolute Gasteiger partial charge is 0.224 e. The standard InChI is InChI=1S/C19H28F2N2O/c1-15(2)18-14-22(11-4-3-10-20)12-9-19(24)23(18)13-16-5-7-17(21)8-6-16/h5-8,15,18H,3-4,9-14H2,1-2H3. The molecule has 24 heavy (non-hydrogen) atoms. The molecule has 0 spiro atoms. The van der Waals surface area contributed by atoms with Crippen molar-refractivity contribution in [3.8, 4) is 0 Å². The molecule has 2 rings (SSSR count). The number of halogens is 2. The lowest BCUT2D eigenvalue weighted by molar-refractivity contribution is -0.134. The Hall–Kier alpha value is -1.49. The predicted molar refractivity (Wildman–Crippen MR) is 91.8 cm³/mol. The molecule has 1 unspecified atom stereocenters. The molecule has 1 aromatic carbocycles. The molecule has 0 aliphatic carbocycles. The first-order valence-corrected chi connectivity index (χ1v) is 8.83. The molecule has 1 atom stereocenters. The van der Waals surface area contributed by atoms with Crippen LogP contribution in [-0.2, 0) is 11.3 Å². The van der Waals surface area contributed by atoms with E-state index in [4.69, 9.17) is 0 Å². The number of alkyl halides is 1. The summed E-state index contributed by atoms with van der Waals surface area (Å²) < 4.78 is 25.4. The molecular weight excluding hydrogens is 310 g/mol. The molecule has 0 saturated carbocycles. The van der Waals surface area contributed by atoms with Gasteiger partial charge in [0, 0.05) is 32.1 Å². The van der Waals surface area contributed by atoms with Gasteiger partial charge in [0.1, 0.15) is 5.82 Å². The molecule has 1 aliphatic heterocycles. The normalized spacial score (nSPS) is 19.8. The van der Waals surface area contributed by atoms with Crippen LogP contribution in [0.15, 0.2) is 24.3 Å². The van der Waals surface area contributed by atoms with Crippen LogP contribution in [0.4, 0.5) is 8.78 Å². The van der Waals surface area contributed by atoms with Crippen LogP contribution in [0.2, 0.25) is 0 Å². The van der Waals surface area contributed by atoms with E-state index in [9.17, 15) is 13.6 Å². The number of hydrogen-bond acceptors (Lipinski definition) is 2. The van der Waals surface area contributed by atoms with Crippen molar-refractivity contribution in [2.45, 2.75) is 45.7 Å². The van der Waals surface area contributed by atoms with Gasteiger partial charge in [-0.2, -0.15) is 0 Å². The van der Waals surface area contributed by atoms with E-state index in [0.29, 0.717) is 25.3 Å². The zero-order valence-corrected chi connectivity index (χ0v) is 14.7. The second kappa shape index (κ2) is 9.11. The van der Waals surface area contributed by atoms with E-state index in [0.717, 1.165) is 31.6 Å². The molecule has 0 bridgehead atoms. The monoisotopic (exact) mass is 338 g/mol. The Labute approximate surface area is 143 Å². The maximum absolute atomic E-state index is 13.1. The maximum atomic E-state index is 13.1. The van der Waals surface area contributed by atoms with Crippen LogP contribution >= 0.6 is 0 Å². The summed E-state index contributed by atoms with van der Waals surface area (Å²) in [5.41, 5.74) is 0.946. The number of rotatable bonds is 7. The molecule has 1 amide bonds. The summed E-state index contributed by atoms with van der Waals surface area (Å²) in [5.74, 6) is 0.211. The van der Waals surface area contributed by atoms with Crippen molar-refractivity contribution in [3.63, 3.8) is 0 Å². The number of hydrogen-bond donors (Lipinski definition) is 0. The third-order valence-corrected chi connectivity index (χ3v) is 4.70. The van der Waals surface area contributed by atoms with E-state index in [1.807, 2.05) is 4.90 Å². The van der Waals surface area contributed by atoms with Crippen molar-refractivity contribution in [1.29, 1.82) is 0 Å². The third kappa shape index (κ3) is 5.26. The molecule has 1 aromatic rings. The predicted octanol–water partition coefficient (Wildman–Crippen LogP) is 3.63. The molecule has 3 nitrogen and oxygen atoms in total. The maximum Gasteiger partial charge on any atom is 0.224 e. The van der Waals surface area contributed by atoms with Crippen molar-refractivity contribution in [2.24, 2.45) is 5.92 Å². The van der Waals surface area contributed by atoms with Crippen molar-refractivity contribution in [3.05, 3.63) is 35.6 Å². The molecule has 0 radical (unpaired) electrons. The van der Waals surface area contributed by atoms with Gasteiger partial charge in [-0.1, -0.05) is 26.0 Å². The summed E-state index contributed by atoms with van der Waals surface area (Å²) in [6.45, 7) is 6.87. The van der Waals surface area contributed by atoms with Gasteiger partial charge in [-0.15, -0.1) is 0 Å². The van der Waals surface area contributed by atoms with E-state index in [-0.39, 0.29) is 24.4 Å². The van der Waals surface area contributed by atoms with Crippen LogP contribution in [-0.4, -0.2) is 48.1 Å². The first-order valence-electron chi connectivity index (χ1n) is 8.83. The molecule has 1 aliphatic rings. The SMILES string of the molecule is CC(C)C1CN(CCCCF)CCC(=O)N1Cc1ccc(F)cc1. The molecule has 1 heterocycles. The summed E-state index contributed by atoms with van der Waals surface area (Å²) in [4.78, 5) is 16.9. The van der Waals surface area contributed by atoms with Gasteiger partial charge in [-0.05, 0) is 43.0 Å². The average Bonchev–Trinajstić information content (AvgIpc) is 2.70. The minimum absolute atomic E-state index is 0.121. The largest absolute Gasteiger partial charge is 0.334 e. The summed E-state index contributed by atoms with van der Waals surface area (Å²) in [7, 11) is 0. The van der Waals surface area contributed by atoms with Gasteiger partial charge in [0.2, 0.25) is 5.91 Å². The Morgan fingerprint density at radius 3 is 2.54 bits per heavy atom. The van der Waals surface area contributed by atoms with Crippen LogP contribution in [0.1, 0.15) is 38.7 Å². The lowest BCUT2D eigenvalue weighted by Crippen LogP contribution is -2.46. The molecule has 134 valence electrons. The number of carbonyl (C=O) groups is 1. The summed E-state index contributed by atoms with van der Waals surface area (Å²) in [6.07, 6.45) is 1.89. The van der Waals surface area contributed by atoms with Crippen LogP contribution in [0.5, 0.6) is 0 Å². The average molecular weight is 338 g/mol. The minimum atomic E-state index is -0.281. The number of benzene rings is 1. The number of unbranched alkanes of at least 4 members (excludes halogenated alkanes) is 1. The van der Waals surface area contributed by atoms with Gasteiger partial charge in [-0.3, -0.25) is 9.18 Å². The highest BCUT2D eigenvalue weighted by Gasteiger charge is 2.31. The molecule has 5 heteroatoms. The summed E-state index contributed by atoms with van der Waals surface area (Å²) >= 11 is 0. The van der Waals surface area contributed by atoms with Gasteiger partial charge in [-0.25, -0.2) is 4.39 Å². The van der Waals surface area contributed by atoms with Gasteiger partial charge in [0.25, 0.3) is 0 Å². The first-order chi connectivity index (χ1) is 11.5. The third-order valence-electron chi connectivity index (χ3n) is 4.70. The van der Waals surface area contributed by atoms with Gasteiger partial charge >= 0.3 is 0 Å². The van der Waals surface area contributed by atoms with Crippen molar-refractivity contribution < 1.29 is 13.6 Å². The fourth-order valence-electron chi connectivity index (χ4n) is 3.23. The van der Waals surface area contributed by atoms with Gasteiger partial charge in [0.15, 0.2) is 0 Å². The Kier molecular flexibility index (Phi) is 7.16. The first kappa shape index (κ1) is 18.8. The topological polar surface area (TPSA) is 23.6 Å².